The van der Waals surface area contributed by atoms with E-state index in [1.165, 1.54) is 12.1 Å². The van der Waals surface area contributed by atoms with Gasteiger partial charge in [-0.3, -0.25) is 15.2 Å². The van der Waals surface area contributed by atoms with Crippen molar-refractivity contribution in [2.75, 3.05) is 6.61 Å². The van der Waals surface area contributed by atoms with E-state index < -0.39 is 4.92 Å². The zero-order valence-corrected chi connectivity index (χ0v) is 7.84. The smallest absolute Gasteiger partial charge is 0.269 e. The van der Waals surface area contributed by atoms with Crippen molar-refractivity contribution in [1.29, 1.82) is 0 Å². The van der Waals surface area contributed by atoms with Crippen LogP contribution in [0.15, 0.2) is 24.3 Å². The maximum atomic E-state index is 10.4. The molecule has 0 amide bonds. The van der Waals surface area contributed by atoms with E-state index in [0.29, 0.717) is 6.61 Å². The number of hydrogen-bond donors (Lipinski definition) is 1. The SMILES string of the molecule is CCCO.[O]c1ccc([N+](=O)[O-])cc1. The predicted molar refractivity (Wildman–Crippen MR) is 50.6 cm³/mol. The number of benzene rings is 1. The summed E-state index contributed by atoms with van der Waals surface area (Å²) in [5, 5.41) is 28.3. The van der Waals surface area contributed by atoms with E-state index in [2.05, 4.69) is 0 Å². The van der Waals surface area contributed by atoms with Gasteiger partial charge in [0, 0.05) is 18.7 Å². The van der Waals surface area contributed by atoms with Gasteiger partial charge in [0.15, 0.2) is 5.75 Å². The number of aliphatic hydroxyl groups excluding tert-OH is 1. The molecule has 0 atom stereocenters. The molecule has 1 aromatic rings. The van der Waals surface area contributed by atoms with Crippen LogP contribution in [0.1, 0.15) is 13.3 Å². The Hall–Kier alpha value is -1.62. The molecule has 1 radical (unpaired) electrons. The summed E-state index contributed by atoms with van der Waals surface area (Å²) in [6.45, 7) is 2.25. The van der Waals surface area contributed by atoms with Crippen molar-refractivity contribution in [2.24, 2.45) is 0 Å². The van der Waals surface area contributed by atoms with Crippen molar-refractivity contribution in [3.63, 3.8) is 0 Å². The van der Waals surface area contributed by atoms with E-state index in [9.17, 15) is 15.2 Å². The minimum absolute atomic E-state index is 0.0559. The fraction of sp³-hybridized carbons (Fsp3) is 0.333. The molecule has 14 heavy (non-hydrogen) atoms. The van der Waals surface area contributed by atoms with Crippen LogP contribution >= 0.6 is 0 Å². The number of nitrogens with zero attached hydrogens (tertiary/aromatic N) is 1. The third-order valence-corrected chi connectivity index (χ3v) is 1.27. The van der Waals surface area contributed by atoms with Crippen LogP contribution in [0.25, 0.3) is 0 Å². The summed E-state index contributed by atoms with van der Waals surface area (Å²) in [6.07, 6.45) is 0.875. The van der Waals surface area contributed by atoms with Gasteiger partial charge in [-0.1, -0.05) is 6.92 Å². The highest BCUT2D eigenvalue weighted by molar-refractivity contribution is 5.34. The minimum Gasteiger partial charge on any atom is -0.396 e. The molecule has 0 aliphatic carbocycles. The van der Waals surface area contributed by atoms with Gasteiger partial charge in [-0.05, 0) is 18.6 Å². The number of nitro benzene ring substituents is 1. The molecule has 0 aromatic heterocycles. The molecule has 1 aromatic carbocycles. The van der Waals surface area contributed by atoms with E-state index in [4.69, 9.17) is 5.11 Å². The average Bonchev–Trinajstić information content (AvgIpc) is 2.19. The lowest BCUT2D eigenvalue weighted by Crippen LogP contribution is -1.85. The molecule has 0 heterocycles. The van der Waals surface area contributed by atoms with Crippen molar-refractivity contribution in [1.82, 2.24) is 0 Å². The molecule has 0 aliphatic rings. The normalized spacial score (nSPS) is 8.71. The lowest BCUT2D eigenvalue weighted by atomic mass is 10.3. The molecule has 5 nitrogen and oxygen atoms in total. The van der Waals surface area contributed by atoms with Crippen molar-refractivity contribution >= 4 is 5.69 Å². The van der Waals surface area contributed by atoms with Crippen molar-refractivity contribution < 1.29 is 15.1 Å². The Morgan fingerprint density at radius 3 is 2.07 bits per heavy atom. The summed E-state index contributed by atoms with van der Waals surface area (Å²) >= 11 is 0. The summed E-state index contributed by atoms with van der Waals surface area (Å²) in [6, 6.07) is 4.70. The number of rotatable bonds is 2. The quantitative estimate of drug-likeness (QED) is 0.583. The molecule has 5 heteroatoms. The molecule has 0 saturated carbocycles. The molecule has 0 spiro atoms. The van der Waals surface area contributed by atoms with E-state index >= 15 is 0 Å². The summed E-state index contributed by atoms with van der Waals surface area (Å²) in [7, 11) is 0. The molecule has 1 rings (SSSR count). The number of hydrogen-bond acceptors (Lipinski definition) is 3. The van der Waals surface area contributed by atoms with Crippen LogP contribution in [0.3, 0.4) is 0 Å². The number of nitro groups is 1. The van der Waals surface area contributed by atoms with Crippen LogP contribution in [0.4, 0.5) is 5.69 Å². The fourth-order valence-electron chi connectivity index (χ4n) is 0.568. The molecule has 0 aliphatic heterocycles. The second-order valence-electron chi connectivity index (χ2n) is 2.47. The van der Waals surface area contributed by atoms with Gasteiger partial charge in [-0.2, -0.15) is 0 Å². The van der Waals surface area contributed by atoms with Crippen LogP contribution in [0, 0.1) is 10.1 Å². The van der Waals surface area contributed by atoms with Crippen LogP contribution in [-0.2, 0) is 5.11 Å². The summed E-state index contributed by atoms with van der Waals surface area (Å²) in [5.41, 5.74) is -0.0559. The predicted octanol–water partition coefficient (Wildman–Crippen LogP) is 2.13. The highest BCUT2D eigenvalue weighted by Gasteiger charge is 2.02. The number of non-ortho nitro benzene ring substituents is 1. The van der Waals surface area contributed by atoms with Crippen LogP contribution < -0.4 is 0 Å². The molecule has 0 fully saturated rings. The van der Waals surface area contributed by atoms with Gasteiger partial charge in [0.05, 0.1) is 4.92 Å². The van der Waals surface area contributed by atoms with Gasteiger partial charge in [-0.25, -0.2) is 0 Å². The standard InChI is InChI=1S/C6H4NO3.C3H8O/c8-6-3-1-5(2-4-6)7(9)10;1-2-3-4/h1-4H;4H,2-3H2,1H3. The van der Waals surface area contributed by atoms with Crippen LogP contribution in [0.5, 0.6) is 5.75 Å². The molecular formula is C9H12NO4. The molecular weight excluding hydrogens is 186 g/mol. The Labute approximate surface area is 81.8 Å². The Kier molecular flexibility index (Phi) is 6.06. The second kappa shape index (κ2) is 6.85. The van der Waals surface area contributed by atoms with E-state index in [-0.39, 0.29) is 11.4 Å². The van der Waals surface area contributed by atoms with Crippen molar-refractivity contribution in [3.8, 4) is 5.75 Å². The maximum Gasteiger partial charge on any atom is 0.269 e. The lowest BCUT2D eigenvalue weighted by molar-refractivity contribution is -0.384. The lowest BCUT2D eigenvalue weighted by Gasteiger charge is -1.87. The van der Waals surface area contributed by atoms with E-state index in [1.54, 1.807) is 0 Å². The molecule has 1 N–H and O–H groups in total. The molecule has 77 valence electrons. The summed E-state index contributed by atoms with van der Waals surface area (Å²) in [5.74, 6) is -0.217. The van der Waals surface area contributed by atoms with Crippen LogP contribution in [0.2, 0.25) is 0 Å². The average molecular weight is 198 g/mol. The van der Waals surface area contributed by atoms with Gasteiger partial charge >= 0.3 is 0 Å². The monoisotopic (exact) mass is 198 g/mol. The third kappa shape index (κ3) is 5.10. The van der Waals surface area contributed by atoms with Gasteiger partial charge in [0.25, 0.3) is 5.69 Å². The van der Waals surface area contributed by atoms with Gasteiger partial charge in [-0.15, -0.1) is 0 Å². The first-order valence-electron chi connectivity index (χ1n) is 4.14. The van der Waals surface area contributed by atoms with E-state index in [1.807, 2.05) is 6.92 Å². The minimum atomic E-state index is -0.542. The molecule has 0 saturated heterocycles. The van der Waals surface area contributed by atoms with Crippen molar-refractivity contribution in [3.05, 3.63) is 34.4 Å². The van der Waals surface area contributed by atoms with Crippen molar-refractivity contribution in [2.45, 2.75) is 13.3 Å². The number of aliphatic hydroxyl groups is 1. The first-order valence-corrected chi connectivity index (χ1v) is 4.14. The summed E-state index contributed by atoms with van der Waals surface area (Å²) < 4.78 is 0. The third-order valence-electron chi connectivity index (χ3n) is 1.27. The Bertz CT molecular complexity index is 269. The fourth-order valence-corrected chi connectivity index (χ4v) is 0.568. The Morgan fingerprint density at radius 2 is 1.79 bits per heavy atom. The van der Waals surface area contributed by atoms with Gasteiger partial charge in [0.2, 0.25) is 0 Å². The zero-order chi connectivity index (χ0) is 11.0. The van der Waals surface area contributed by atoms with E-state index in [0.717, 1.165) is 18.6 Å². The topological polar surface area (TPSA) is 83.3 Å². The van der Waals surface area contributed by atoms with Gasteiger partial charge in [0.1, 0.15) is 0 Å². The van der Waals surface area contributed by atoms with Crippen LogP contribution in [-0.4, -0.2) is 16.6 Å². The second-order valence-corrected chi connectivity index (χ2v) is 2.47. The molecule has 0 bridgehead atoms. The first kappa shape index (κ1) is 12.4. The zero-order valence-electron chi connectivity index (χ0n) is 7.84. The highest BCUT2D eigenvalue weighted by Crippen LogP contribution is 2.15. The Morgan fingerprint density at radius 1 is 1.36 bits per heavy atom. The summed E-state index contributed by atoms with van der Waals surface area (Å²) in [4.78, 5) is 9.47. The highest BCUT2D eigenvalue weighted by atomic mass is 16.6. The van der Waals surface area contributed by atoms with Gasteiger partial charge < -0.3 is 5.11 Å². The first-order chi connectivity index (χ1) is 6.61. The largest absolute Gasteiger partial charge is 0.396 e. The maximum absolute atomic E-state index is 10.4. The molecule has 0 unspecified atom stereocenters. The Balaban J connectivity index is 0.000000364.